The molecule has 0 spiro atoms. The minimum atomic E-state index is -0.462. The number of para-hydroxylation sites is 2. The molecule has 0 aliphatic carbocycles. The van der Waals surface area contributed by atoms with E-state index < -0.39 is 4.92 Å². The molecular formula is C19H19ClN4O4. The largest absolute Gasteiger partial charge is 0.378 e. The normalized spacial score (nSPS) is 13.5. The zero-order chi connectivity index (χ0) is 20.1. The van der Waals surface area contributed by atoms with Crippen molar-refractivity contribution in [2.45, 2.75) is 12.8 Å². The van der Waals surface area contributed by atoms with Crippen molar-refractivity contribution in [1.82, 2.24) is 5.32 Å². The van der Waals surface area contributed by atoms with Gasteiger partial charge < -0.3 is 15.5 Å². The van der Waals surface area contributed by atoms with Crippen LogP contribution in [0.1, 0.15) is 23.2 Å². The van der Waals surface area contributed by atoms with Crippen molar-refractivity contribution in [3.63, 3.8) is 0 Å². The van der Waals surface area contributed by atoms with E-state index in [1.807, 2.05) is 0 Å². The molecule has 1 aliphatic rings. The number of amides is 2. The fraction of sp³-hybridized carbons (Fsp3) is 0.263. The molecule has 1 saturated heterocycles. The summed E-state index contributed by atoms with van der Waals surface area (Å²) in [5.41, 5.74) is 1.30. The second-order valence-electron chi connectivity index (χ2n) is 6.27. The highest BCUT2D eigenvalue weighted by Gasteiger charge is 2.24. The first-order chi connectivity index (χ1) is 13.5. The van der Waals surface area contributed by atoms with Crippen LogP contribution < -0.4 is 15.5 Å². The summed E-state index contributed by atoms with van der Waals surface area (Å²) in [4.78, 5) is 36.5. The molecule has 2 aromatic carbocycles. The topological polar surface area (TPSA) is 105 Å². The van der Waals surface area contributed by atoms with Gasteiger partial charge in [-0.15, -0.1) is 0 Å². The molecule has 3 rings (SSSR count). The van der Waals surface area contributed by atoms with Gasteiger partial charge in [0.2, 0.25) is 5.91 Å². The van der Waals surface area contributed by atoms with Crippen LogP contribution in [-0.4, -0.2) is 36.4 Å². The van der Waals surface area contributed by atoms with E-state index in [1.165, 1.54) is 6.07 Å². The fourth-order valence-electron chi connectivity index (χ4n) is 3.02. The Morgan fingerprint density at radius 1 is 1.21 bits per heavy atom. The van der Waals surface area contributed by atoms with Crippen molar-refractivity contribution in [2.24, 2.45) is 0 Å². The van der Waals surface area contributed by atoms with E-state index in [1.54, 1.807) is 41.3 Å². The SMILES string of the molecule is O=C(NCCNc1ccccc1[N+](=O)[O-])c1ccc(Cl)c(N2CCCC2=O)c1. The monoisotopic (exact) mass is 402 g/mol. The predicted octanol–water partition coefficient (Wildman–Crippen LogP) is 3.22. The van der Waals surface area contributed by atoms with E-state index in [9.17, 15) is 19.7 Å². The van der Waals surface area contributed by atoms with Crippen LogP contribution >= 0.6 is 11.6 Å². The lowest BCUT2D eigenvalue weighted by Crippen LogP contribution is -2.29. The molecule has 2 aromatic rings. The fourth-order valence-corrected chi connectivity index (χ4v) is 3.24. The van der Waals surface area contributed by atoms with Gasteiger partial charge in [0.25, 0.3) is 11.6 Å². The molecule has 146 valence electrons. The Morgan fingerprint density at radius 3 is 2.71 bits per heavy atom. The summed E-state index contributed by atoms with van der Waals surface area (Å²) < 4.78 is 0. The van der Waals surface area contributed by atoms with Gasteiger partial charge in [-0.2, -0.15) is 0 Å². The standard InChI is InChI=1S/C19H19ClN4O4/c20-14-8-7-13(12-17(14)23-11-3-6-18(23)25)19(26)22-10-9-21-15-4-1-2-5-16(15)24(27)28/h1-2,4-5,7-8,12,21H,3,6,9-11H2,(H,22,26). The minimum absolute atomic E-state index is 0.00638. The van der Waals surface area contributed by atoms with Crippen molar-refractivity contribution in [1.29, 1.82) is 0 Å². The quantitative estimate of drug-likeness (QED) is 0.420. The second kappa shape index (κ2) is 8.71. The molecule has 1 heterocycles. The third-order valence-electron chi connectivity index (χ3n) is 4.40. The lowest BCUT2D eigenvalue weighted by molar-refractivity contribution is -0.384. The number of hydrogen-bond donors (Lipinski definition) is 2. The minimum Gasteiger partial charge on any atom is -0.378 e. The number of benzene rings is 2. The van der Waals surface area contributed by atoms with E-state index in [0.717, 1.165) is 6.42 Å². The summed E-state index contributed by atoms with van der Waals surface area (Å²) in [5.74, 6) is -0.318. The molecule has 2 amide bonds. The molecule has 0 aromatic heterocycles. The first-order valence-electron chi connectivity index (χ1n) is 8.83. The third-order valence-corrected chi connectivity index (χ3v) is 4.72. The number of halogens is 1. The molecule has 0 unspecified atom stereocenters. The number of hydrogen-bond acceptors (Lipinski definition) is 5. The summed E-state index contributed by atoms with van der Waals surface area (Å²) >= 11 is 6.19. The van der Waals surface area contributed by atoms with Crippen LogP contribution in [0.3, 0.4) is 0 Å². The smallest absolute Gasteiger partial charge is 0.292 e. The first-order valence-corrected chi connectivity index (χ1v) is 9.20. The lowest BCUT2D eigenvalue weighted by atomic mass is 10.1. The Morgan fingerprint density at radius 2 is 2.00 bits per heavy atom. The van der Waals surface area contributed by atoms with Gasteiger partial charge >= 0.3 is 0 Å². The first kappa shape index (κ1) is 19.6. The Balaban J connectivity index is 1.58. The highest BCUT2D eigenvalue weighted by Crippen LogP contribution is 2.30. The van der Waals surface area contributed by atoms with E-state index in [4.69, 9.17) is 11.6 Å². The molecule has 28 heavy (non-hydrogen) atoms. The Labute approximate surface area is 166 Å². The average Bonchev–Trinajstić information content (AvgIpc) is 3.11. The summed E-state index contributed by atoms with van der Waals surface area (Å²) in [6.45, 7) is 1.18. The van der Waals surface area contributed by atoms with Crippen LogP contribution in [0.25, 0.3) is 0 Å². The van der Waals surface area contributed by atoms with Gasteiger partial charge in [0.05, 0.1) is 15.6 Å². The van der Waals surface area contributed by atoms with Crippen LogP contribution in [-0.2, 0) is 4.79 Å². The Hall–Kier alpha value is -3.13. The summed E-state index contributed by atoms with van der Waals surface area (Å²) in [6, 6.07) is 11.1. The highest BCUT2D eigenvalue weighted by atomic mass is 35.5. The van der Waals surface area contributed by atoms with Crippen LogP contribution in [0.2, 0.25) is 5.02 Å². The molecular weight excluding hydrogens is 384 g/mol. The maximum Gasteiger partial charge on any atom is 0.292 e. The van der Waals surface area contributed by atoms with Crippen LogP contribution in [0, 0.1) is 10.1 Å². The van der Waals surface area contributed by atoms with Crippen molar-refractivity contribution >= 4 is 40.5 Å². The number of nitro groups is 1. The maximum atomic E-state index is 12.4. The van der Waals surface area contributed by atoms with E-state index in [-0.39, 0.29) is 24.0 Å². The van der Waals surface area contributed by atoms with Gasteiger partial charge in [0, 0.05) is 37.7 Å². The van der Waals surface area contributed by atoms with Gasteiger partial charge in [-0.3, -0.25) is 19.7 Å². The molecule has 0 saturated carbocycles. The predicted molar refractivity (Wildman–Crippen MR) is 107 cm³/mol. The van der Waals surface area contributed by atoms with Gasteiger partial charge in [-0.1, -0.05) is 23.7 Å². The maximum absolute atomic E-state index is 12.4. The lowest BCUT2D eigenvalue weighted by Gasteiger charge is -2.18. The number of rotatable bonds is 7. The van der Waals surface area contributed by atoms with Crippen molar-refractivity contribution in [2.75, 3.05) is 29.9 Å². The molecule has 8 nitrogen and oxygen atoms in total. The number of nitrogens with one attached hydrogen (secondary N) is 2. The van der Waals surface area contributed by atoms with Gasteiger partial charge in [-0.05, 0) is 30.7 Å². The summed E-state index contributed by atoms with van der Waals surface area (Å²) in [7, 11) is 0. The molecule has 0 atom stereocenters. The van der Waals surface area contributed by atoms with Gasteiger partial charge in [0.15, 0.2) is 0 Å². The Bertz CT molecular complexity index is 919. The molecule has 1 fully saturated rings. The van der Waals surface area contributed by atoms with Crippen molar-refractivity contribution < 1.29 is 14.5 Å². The highest BCUT2D eigenvalue weighted by molar-refractivity contribution is 6.34. The van der Waals surface area contributed by atoms with Gasteiger partial charge in [0.1, 0.15) is 5.69 Å². The van der Waals surface area contributed by atoms with Crippen molar-refractivity contribution in [3.05, 3.63) is 63.2 Å². The van der Waals surface area contributed by atoms with Crippen LogP contribution in [0.5, 0.6) is 0 Å². The summed E-state index contributed by atoms with van der Waals surface area (Å²) in [5, 5.41) is 17.1. The number of carbonyl (C=O) groups is 2. The number of nitro benzene ring substituents is 1. The van der Waals surface area contributed by atoms with Crippen LogP contribution in [0.4, 0.5) is 17.1 Å². The van der Waals surface area contributed by atoms with E-state index in [2.05, 4.69) is 10.6 Å². The van der Waals surface area contributed by atoms with E-state index >= 15 is 0 Å². The third kappa shape index (κ3) is 4.40. The summed E-state index contributed by atoms with van der Waals surface area (Å²) in [6.07, 6.45) is 1.24. The van der Waals surface area contributed by atoms with E-state index in [0.29, 0.717) is 41.5 Å². The van der Waals surface area contributed by atoms with Crippen molar-refractivity contribution in [3.8, 4) is 0 Å². The number of nitrogens with zero attached hydrogens (tertiary/aromatic N) is 2. The molecule has 9 heteroatoms. The molecule has 1 aliphatic heterocycles. The van der Waals surface area contributed by atoms with Crippen LogP contribution in [0.15, 0.2) is 42.5 Å². The zero-order valence-corrected chi connectivity index (χ0v) is 15.7. The Kier molecular flexibility index (Phi) is 6.10. The van der Waals surface area contributed by atoms with Gasteiger partial charge in [-0.25, -0.2) is 0 Å². The number of anilines is 2. The molecule has 2 N–H and O–H groups in total. The second-order valence-corrected chi connectivity index (χ2v) is 6.68. The average molecular weight is 403 g/mol. The number of carbonyl (C=O) groups excluding carboxylic acids is 2. The molecule has 0 bridgehead atoms. The molecule has 0 radical (unpaired) electrons. The zero-order valence-electron chi connectivity index (χ0n) is 15.0.